The van der Waals surface area contributed by atoms with Gasteiger partial charge in [-0.3, -0.25) is 0 Å². The summed E-state index contributed by atoms with van der Waals surface area (Å²) in [5, 5.41) is 10.6. The number of nitrogens with zero attached hydrogens (tertiary/aromatic N) is 4. The number of fused-ring (bicyclic) bond motifs is 1. The van der Waals surface area contributed by atoms with Gasteiger partial charge in [-0.2, -0.15) is 9.64 Å². The van der Waals surface area contributed by atoms with Gasteiger partial charge in [-0.15, -0.1) is 11.3 Å². The standard InChI is InChI=1S/C11H9ClN4S3/c1-16-3-2-6-7(4-13)10(17-8(6)5-16)14-11-9(12)15-19-18-11/h2-3,5H2,1H3/b14-11+. The first-order valence-electron chi connectivity index (χ1n) is 5.58. The predicted molar refractivity (Wildman–Crippen MR) is 79.3 cm³/mol. The fraction of sp³-hybridized carbons (Fsp3) is 0.364. The Morgan fingerprint density at radius 2 is 2.37 bits per heavy atom. The summed E-state index contributed by atoms with van der Waals surface area (Å²) in [4.78, 5) is 8.01. The second kappa shape index (κ2) is 5.31. The van der Waals surface area contributed by atoms with Crippen LogP contribution in [0.5, 0.6) is 0 Å². The van der Waals surface area contributed by atoms with Crippen LogP contribution in [0.2, 0.25) is 5.15 Å². The van der Waals surface area contributed by atoms with Gasteiger partial charge in [-0.25, -0.2) is 4.99 Å². The van der Waals surface area contributed by atoms with E-state index in [0.29, 0.717) is 15.4 Å². The Morgan fingerprint density at radius 1 is 1.53 bits per heavy atom. The zero-order valence-corrected chi connectivity index (χ0v) is 13.2. The molecule has 0 aromatic carbocycles. The van der Waals surface area contributed by atoms with Crippen LogP contribution in [0, 0.1) is 11.3 Å². The Balaban J connectivity index is 2.14. The lowest BCUT2D eigenvalue weighted by atomic mass is 10.0. The van der Waals surface area contributed by atoms with Crippen molar-refractivity contribution in [2.24, 2.45) is 4.99 Å². The highest BCUT2D eigenvalue weighted by Gasteiger charge is 2.22. The Bertz CT molecular complexity index is 721. The number of thiophene rings is 1. The second-order valence-corrected chi connectivity index (χ2v) is 7.51. The molecule has 0 aliphatic carbocycles. The third-order valence-electron chi connectivity index (χ3n) is 2.95. The lowest BCUT2D eigenvalue weighted by Crippen LogP contribution is -2.25. The molecule has 8 heteroatoms. The van der Waals surface area contributed by atoms with Crippen molar-refractivity contribution in [1.29, 1.82) is 5.26 Å². The van der Waals surface area contributed by atoms with Gasteiger partial charge in [0.2, 0.25) is 0 Å². The van der Waals surface area contributed by atoms with Gasteiger partial charge in [0, 0.05) is 28.5 Å². The molecule has 1 aliphatic rings. The van der Waals surface area contributed by atoms with E-state index in [9.17, 15) is 5.26 Å². The number of likely N-dealkylation sites (N-methyl/N-ethyl adjacent to an activating group) is 1. The maximum absolute atomic E-state index is 9.37. The van der Waals surface area contributed by atoms with E-state index >= 15 is 0 Å². The number of halogens is 1. The van der Waals surface area contributed by atoms with Gasteiger partial charge in [0.15, 0.2) is 9.82 Å². The Labute approximate surface area is 126 Å². The third-order valence-corrected chi connectivity index (χ3v) is 6.24. The van der Waals surface area contributed by atoms with Crippen molar-refractivity contribution < 1.29 is 0 Å². The van der Waals surface area contributed by atoms with E-state index < -0.39 is 0 Å². The van der Waals surface area contributed by atoms with Crippen molar-refractivity contribution in [3.05, 3.63) is 25.8 Å². The largest absolute Gasteiger partial charge is 0.301 e. The molecule has 98 valence electrons. The molecule has 3 heterocycles. The van der Waals surface area contributed by atoms with Gasteiger partial charge in [-0.1, -0.05) is 11.6 Å². The summed E-state index contributed by atoms with van der Waals surface area (Å²) in [6.07, 6.45) is 0.916. The van der Waals surface area contributed by atoms with Gasteiger partial charge >= 0.3 is 0 Å². The van der Waals surface area contributed by atoms with E-state index in [1.165, 1.54) is 25.8 Å². The first-order chi connectivity index (χ1) is 9.19. The van der Waals surface area contributed by atoms with Gasteiger partial charge in [0.25, 0.3) is 0 Å². The maximum Gasteiger partial charge on any atom is 0.179 e. The van der Waals surface area contributed by atoms with Crippen LogP contribution < -0.4 is 4.67 Å². The molecule has 0 unspecified atom stereocenters. The van der Waals surface area contributed by atoms with E-state index in [1.807, 2.05) is 0 Å². The van der Waals surface area contributed by atoms with Crippen molar-refractivity contribution in [2.75, 3.05) is 13.6 Å². The summed E-state index contributed by atoms with van der Waals surface area (Å²) in [5.74, 6) is 0. The van der Waals surface area contributed by atoms with Gasteiger partial charge in [0.05, 0.1) is 5.56 Å². The van der Waals surface area contributed by atoms with Crippen molar-refractivity contribution in [2.45, 2.75) is 13.0 Å². The van der Waals surface area contributed by atoms with Crippen molar-refractivity contribution in [3.8, 4) is 6.07 Å². The second-order valence-electron chi connectivity index (χ2n) is 4.24. The zero-order chi connectivity index (χ0) is 13.4. The van der Waals surface area contributed by atoms with Crippen molar-refractivity contribution in [3.63, 3.8) is 0 Å². The molecule has 19 heavy (non-hydrogen) atoms. The highest BCUT2D eigenvalue weighted by atomic mass is 35.5. The Kier molecular flexibility index (Phi) is 3.69. The first-order valence-corrected chi connectivity index (χ1v) is 8.88. The van der Waals surface area contributed by atoms with Crippen molar-refractivity contribution >= 4 is 48.8 Å². The van der Waals surface area contributed by atoms with E-state index in [0.717, 1.165) is 30.1 Å². The molecule has 0 bridgehead atoms. The molecule has 0 atom stereocenters. The zero-order valence-electron chi connectivity index (χ0n) is 10.0. The molecule has 4 nitrogen and oxygen atoms in total. The summed E-state index contributed by atoms with van der Waals surface area (Å²) in [5.41, 5.74) is 1.87. The van der Waals surface area contributed by atoms with Gasteiger partial charge in [-0.05, 0) is 29.4 Å². The summed E-state index contributed by atoms with van der Waals surface area (Å²) in [6.45, 7) is 1.88. The predicted octanol–water partition coefficient (Wildman–Crippen LogP) is 3.01. The molecule has 0 saturated heterocycles. The minimum Gasteiger partial charge on any atom is -0.301 e. The van der Waals surface area contributed by atoms with Crippen LogP contribution in [0.15, 0.2) is 4.99 Å². The fourth-order valence-electron chi connectivity index (χ4n) is 2.03. The molecular weight excluding hydrogens is 320 g/mol. The van der Waals surface area contributed by atoms with Crippen LogP contribution in [0.4, 0.5) is 5.00 Å². The molecule has 0 amide bonds. The molecule has 0 spiro atoms. The minimum absolute atomic E-state index is 0.419. The Morgan fingerprint density at radius 3 is 3.05 bits per heavy atom. The normalized spacial score (nSPS) is 16.4. The van der Waals surface area contributed by atoms with Crippen LogP contribution in [-0.2, 0) is 13.0 Å². The highest BCUT2D eigenvalue weighted by molar-refractivity contribution is 7.66. The van der Waals surface area contributed by atoms with Crippen LogP contribution in [-0.4, -0.2) is 22.9 Å². The Hall–Kier alpha value is -0.780. The van der Waals surface area contributed by atoms with E-state index in [2.05, 4.69) is 27.4 Å². The average Bonchev–Trinajstić information content (AvgIpc) is 2.93. The molecule has 0 fully saturated rings. The molecule has 2 aromatic heterocycles. The minimum atomic E-state index is 0.419. The van der Waals surface area contributed by atoms with Crippen LogP contribution >= 0.6 is 43.8 Å². The number of hydrogen-bond acceptors (Lipinski definition) is 7. The summed E-state index contributed by atoms with van der Waals surface area (Å²) < 4.78 is 4.70. The van der Waals surface area contributed by atoms with Gasteiger partial charge < -0.3 is 4.90 Å². The van der Waals surface area contributed by atoms with E-state index in [4.69, 9.17) is 11.6 Å². The number of hydrogen-bond donors (Lipinski definition) is 0. The van der Waals surface area contributed by atoms with Crippen LogP contribution in [0.1, 0.15) is 16.0 Å². The van der Waals surface area contributed by atoms with E-state index in [-0.39, 0.29) is 0 Å². The van der Waals surface area contributed by atoms with E-state index in [1.54, 1.807) is 11.3 Å². The topological polar surface area (TPSA) is 52.3 Å². The third kappa shape index (κ3) is 2.47. The molecule has 3 rings (SSSR count). The molecule has 0 saturated carbocycles. The number of nitriles is 1. The SMILES string of the molecule is CN1CCc2c(sc(/N=c3/ssnc3Cl)c2C#N)C1. The van der Waals surface area contributed by atoms with Crippen molar-refractivity contribution in [1.82, 2.24) is 9.27 Å². The quantitative estimate of drug-likeness (QED) is 0.756. The lowest BCUT2D eigenvalue weighted by Gasteiger charge is -2.21. The smallest absolute Gasteiger partial charge is 0.179 e. The lowest BCUT2D eigenvalue weighted by molar-refractivity contribution is 0.317. The number of aromatic nitrogens is 1. The van der Waals surface area contributed by atoms with Crippen LogP contribution in [0.25, 0.3) is 0 Å². The van der Waals surface area contributed by atoms with Crippen LogP contribution in [0.3, 0.4) is 0 Å². The molecule has 1 aliphatic heterocycles. The maximum atomic E-state index is 9.37. The average molecular weight is 329 g/mol. The molecule has 0 radical (unpaired) electrons. The molecular formula is C11H9ClN4S3. The first kappa shape index (κ1) is 13.2. The molecule has 0 N–H and O–H groups in total. The fourth-order valence-corrected chi connectivity index (χ4v) is 5.32. The summed E-state index contributed by atoms with van der Waals surface area (Å²) >= 11 is 7.56. The summed E-state index contributed by atoms with van der Waals surface area (Å²) in [6, 6.07) is 2.29. The summed E-state index contributed by atoms with van der Waals surface area (Å²) in [7, 11) is 4.83. The monoisotopic (exact) mass is 328 g/mol. The number of rotatable bonds is 1. The highest BCUT2D eigenvalue weighted by Crippen LogP contribution is 2.38. The van der Waals surface area contributed by atoms with Gasteiger partial charge in [0.1, 0.15) is 11.1 Å². The molecule has 2 aromatic rings.